The number of hydrogen-bond acceptors (Lipinski definition) is 4. The van der Waals surface area contributed by atoms with Crippen LogP contribution in [0.2, 0.25) is 0 Å². The lowest BCUT2D eigenvalue weighted by Gasteiger charge is -2.48. The molecule has 0 aromatic rings. The maximum atomic E-state index is 12.6. The summed E-state index contributed by atoms with van der Waals surface area (Å²) in [4.78, 5) is 26.5. The summed E-state index contributed by atoms with van der Waals surface area (Å²) >= 11 is 0. The molecule has 21 heavy (non-hydrogen) atoms. The predicted octanol–water partition coefficient (Wildman–Crippen LogP) is 1.03. The zero-order valence-electron chi connectivity index (χ0n) is 13.5. The van der Waals surface area contributed by atoms with Gasteiger partial charge >= 0.3 is 12.0 Å². The number of carboxylic acids is 1. The molecule has 0 aromatic carbocycles. The zero-order chi connectivity index (χ0) is 16.3. The third kappa shape index (κ3) is 5.51. The van der Waals surface area contributed by atoms with Gasteiger partial charge in [0.25, 0.3) is 0 Å². The normalized spacial score (nSPS) is 20.1. The van der Waals surface area contributed by atoms with Crippen LogP contribution in [0.3, 0.4) is 0 Å². The van der Waals surface area contributed by atoms with Crippen molar-refractivity contribution in [3.05, 3.63) is 0 Å². The van der Waals surface area contributed by atoms with Gasteiger partial charge in [0.15, 0.2) is 0 Å². The average Bonchev–Trinajstić information content (AvgIpc) is 2.29. The molecule has 0 aliphatic carbocycles. The van der Waals surface area contributed by atoms with Gasteiger partial charge in [0.05, 0.1) is 30.9 Å². The summed E-state index contributed by atoms with van der Waals surface area (Å²) in [5.74, 6) is -1.04. The van der Waals surface area contributed by atoms with E-state index in [2.05, 4.69) is 0 Å². The number of aliphatic carboxylic acids is 1. The first-order valence-corrected chi connectivity index (χ1v) is 7.01. The second kappa shape index (κ2) is 6.62. The van der Waals surface area contributed by atoms with E-state index >= 15 is 0 Å². The van der Waals surface area contributed by atoms with Gasteiger partial charge in [0.1, 0.15) is 6.54 Å². The highest BCUT2D eigenvalue weighted by molar-refractivity contribution is 5.80. The molecule has 7 heteroatoms. The summed E-state index contributed by atoms with van der Waals surface area (Å²) in [5, 5.41) is 8.96. The highest BCUT2D eigenvalue weighted by Gasteiger charge is 2.41. The minimum atomic E-state index is -1.04. The molecule has 1 fully saturated rings. The van der Waals surface area contributed by atoms with Crippen LogP contribution in [-0.2, 0) is 14.3 Å². The fraction of sp³-hybridized carbons (Fsp3) is 0.857. The Balaban J connectivity index is 2.83. The second-order valence-electron chi connectivity index (χ2n) is 6.57. The van der Waals surface area contributed by atoms with E-state index in [1.807, 2.05) is 27.7 Å². The molecule has 0 bridgehead atoms. The lowest BCUT2D eigenvalue weighted by Crippen LogP contribution is -2.61. The Hall–Kier alpha value is -1.34. The SMILES string of the molecule is COCCN(CC(=O)O)C(=O)N1CC(C)(C)OC(C)(C)C1. The van der Waals surface area contributed by atoms with Crippen molar-refractivity contribution < 1.29 is 24.2 Å². The van der Waals surface area contributed by atoms with E-state index in [9.17, 15) is 9.59 Å². The van der Waals surface area contributed by atoms with Crippen LogP contribution in [0.25, 0.3) is 0 Å². The number of carbonyl (C=O) groups is 2. The van der Waals surface area contributed by atoms with E-state index in [0.29, 0.717) is 19.7 Å². The molecule has 1 aliphatic rings. The Labute approximate surface area is 125 Å². The predicted molar refractivity (Wildman–Crippen MR) is 77.3 cm³/mol. The Morgan fingerprint density at radius 2 is 1.76 bits per heavy atom. The van der Waals surface area contributed by atoms with Crippen LogP contribution in [0, 0.1) is 0 Å². The smallest absolute Gasteiger partial charge is 0.323 e. The Kier molecular flexibility index (Phi) is 5.58. The van der Waals surface area contributed by atoms with Gasteiger partial charge in [0, 0.05) is 13.7 Å². The summed E-state index contributed by atoms with van der Waals surface area (Å²) in [6.07, 6.45) is 0. The highest BCUT2D eigenvalue weighted by atomic mass is 16.5. The standard InChI is InChI=1S/C14H26N2O5/c1-13(2)9-16(10-14(3,4)21-13)12(19)15(6-7-20-5)8-11(17)18/h6-10H2,1-5H3,(H,17,18). The van der Waals surface area contributed by atoms with Crippen molar-refractivity contribution in [1.82, 2.24) is 9.80 Å². The summed E-state index contributed by atoms with van der Waals surface area (Å²) < 4.78 is 10.9. The molecule has 1 heterocycles. The van der Waals surface area contributed by atoms with Crippen LogP contribution in [-0.4, -0.2) is 78.0 Å². The van der Waals surface area contributed by atoms with Gasteiger partial charge in [-0.15, -0.1) is 0 Å². The van der Waals surface area contributed by atoms with Gasteiger partial charge in [-0.25, -0.2) is 4.79 Å². The molecular weight excluding hydrogens is 276 g/mol. The zero-order valence-corrected chi connectivity index (χ0v) is 13.5. The number of carbonyl (C=O) groups excluding carboxylic acids is 1. The Morgan fingerprint density at radius 1 is 1.24 bits per heavy atom. The molecule has 1 aliphatic heterocycles. The lowest BCUT2D eigenvalue weighted by molar-refractivity contribution is -0.172. The first-order valence-electron chi connectivity index (χ1n) is 7.01. The number of ether oxygens (including phenoxy) is 2. The minimum Gasteiger partial charge on any atom is -0.480 e. The molecule has 0 saturated carbocycles. The topological polar surface area (TPSA) is 79.3 Å². The number of amides is 2. The van der Waals surface area contributed by atoms with Crippen LogP contribution in [0.5, 0.6) is 0 Å². The summed E-state index contributed by atoms with van der Waals surface area (Å²) in [6.45, 7) is 8.76. The first-order chi connectivity index (χ1) is 9.56. The van der Waals surface area contributed by atoms with Gasteiger partial charge in [-0.3, -0.25) is 4.79 Å². The van der Waals surface area contributed by atoms with Gasteiger partial charge in [-0.05, 0) is 27.7 Å². The molecule has 7 nitrogen and oxygen atoms in total. The van der Waals surface area contributed by atoms with Crippen molar-refractivity contribution in [3.63, 3.8) is 0 Å². The monoisotopic (exact) mass is 302 g/mol. The summed E-state index contributed by atoms with van der Waals surface area (Å²) in [5.41, 5.74) is -0.929. The number of nitrogens with zero attached hydrogens (tertiary/aromatic N) is 2. The van der Waals surface area contributed by atoms with E-state index in [0.717, 1.165) is 0 Å². The van der Waals surface area contributed by atoms with Crippen LogP contribution >= 0.6 is 0 Å². The van der Waals surface area contributed by atoms with Crippen molar-refractivity contribution in [3.8, 4) is 0 Å². The third-order valence-corrected chi connectivity index (χ3v) is 3.13. The fourth-order valence-corrected chi connectivity index (χ4v) is 2.73. The first kappa shape index (κ1) is 17.7. The molecule has 1 saturated heterocycles. The van der Waals surface area contributed by atoms with E-state index in [4.69, 9.17) is 14.6 Å². The van der Waals surface area contributed by atoms with Crippen molar-refractivity contribution in [2.75, 3.05) is 39.9 Å². The van der Waals surface area contributed by atoms with Gasteiger partial charge in [-0.1, -0.05) is 0 Å². The number of hydrogen-bond donors (Lipinski definition) is 1. The molecule has 1 rings (SSSR count). The van der Waals surface area contributed by atoms with E-state index in [-0.39, 0.29) is 19.1 Å². The van der Waals surface area contributed by atoms with Crippen LogP contribution in [0.1, 0.15) is 27.7 Å². The van der Waals surface area contributed by atoms with Gasteiger partial charge < -0.3 is 24.4 Å². The minimum absolute atomic E-state index is 0.250. The Morgan fingerprint density at radius 3 is 2.19 bits per heavy atom. The van der Waals surface area contributed by atoms with Gasteiger partial charge in [0.2, 0.25) is 0 Å². The van der Waals surface area contributed by atoms with Crippen molar-refractivity contribution >= 4 is 12.0 Å². The third-order valence-electron chi connectivity index (χ3n) is 3.13. The van der Waals surface area contributed by atoms with Crippen molar-refractivity contribution in [2.45, 2.75) is 38.9 Å². The van der Waals surface area contributed by atoms with Crippen LogP contribution in [0.4, 0.5) is 4.79 Å². The van der Waals surface area contributed by atoms with Crippen molar-refractivity contribution in [2.24, 2.45) is 0 Å². The molecular formula is C14H26N2O5. The van der Waals surface area contributed by atoms with E-state index in [1.54, 1.807) is 4.90 Å². The molecule has 0 radical (unpaired) electrons. The molecule has 0 unspecified atom stereocenters. The maximum absolute atomic E-state index is 12.6. The molecule has 0 atom stereocenters. The van der Waals surface area contributed by atoms with E-state index < -0.39 is 17.2 Å². The number of rotatable bonds is 5. The summed E-state index contributed by atoms with van der Waals surface area (Å²) in [7, 11) is 1.52. The summed E-state index contributed by atoms with van der Waals surface area (Å²) in [6, 6.07) is -0.293. The molecule has 0 aromatic heterocycles. The lowest BCUT2D eigenvalue weighted by atomic mass is 9.99. The number of urea groups is 1. The van der Waals surface area contributed by atoms with Gasteiger partial charge in [-0.2, -0.15) is 0 Å². The number of morpholine rings is 1. The van der Waals surface area contributed by atoms with E-state index in [1.165, 1.54) is 12.0 Å². The number of methoxy groups -OCH3 is 1. The largest absolute Gasteiger partial charge is 0.480 e. The second-order valence-corrected chi connectivity index (χ2v) is 6.57. The number of carboxylic acid groups (broad SMARTS) is 1. The molecule has 122 valence electrons. The molecule has 0 spiro atoms. The highest BCUT2D eigenvalue weighted by Crippen LogP contribution is 2.28. The fourth-order valence-electron chi connectivity index (χ4n) is 2.73. The Bertz CT molecular complexity index is 379. The van der Waals surface area contributed by atoms with Crippen LogP contribution < -0.4 is 0 Å². The molecule has 1 N–H and O–H groups in total. The van der Waals surface area contributed by atoms with Crippen molar-refractivity contribution in [1.29, 1.82) is 0 Å². The maximum Gasteiger partial charge on any atom is 0.323 e. The quantitative estimate of drug-likeness (QED) is 0.820. The van der Waals surface area contributed by atoms with Crippen LogP contribution in [0.15, 0.2) is 0 Å². The molecule has 2 amide bonds. The average molecular weight is 302 g/mol.